The van der Waals surface area contributed by atoms with E-state index in [2.05, 4.69) is 94.7 Å². The van der Waals surface area contributed by atoms with E-state index < -0.39 is 5.41 Å². The lowest BCUT2D eigenvalue weighted by atomic mass is 9.70. The van der Waals surface area contributed by atoms with Gasteiger partial charge in [0.1, 0.15) is 11.4 Å². The number of anilines is 1. The van der Waals surface area contributed by atoms with Crippen molar-refractivity contribution in [3.05, 3.63) is 153 Å². The fraction of sp³-hybridized carbons (Fsp3) is 0.570. The molecule has 0 atom stereocenters. The smallest absolute Gasteiger partial charge is 0.272 e. The molecule has 0 saturated heterocycles. The molecule has 0 bridgehead atoms. The zero-order valence-electron chi connectivity index (χ0n) is 61.1. The predicted molar refractivity (Wildman–Crippen MR) is 402 cm³/mol. The van der Waals surface area contributed by atoms with E-state index in [-0.39, 0.29) is 73.0 Å². The third-order valence-electron chi connectivity index (χ3n) is 20.9. The fourth-order valence-corrected chi connectivity index (χ4v) is 15.1. The average Bonchev–Trinajstić information content (AvgIpc) is 1.56. The molecule has 3 heterocycles. The van der Waals surface area contributed by atoms with Crippen LogP contribution in [0.15, 0.2) is 97.1 Å². The molecule has 0 fully saturated rings. The molecule has 4 aromatic carbocycles. The molecule has 98 heavy (non-hydrogen) atoms. The lowest BCUT2D eigenvalue weighted by Crippen LogP contribution is -2.43. The van der Waals surface area contributed by atoms with Crippen LogP contribution in [0, 0.1) is 11.8 Å². The van der Waals surface area contributed by atoms with Gasteiger partial charge in [0.05, 0.1) is 22.3 Å². The van der Waals surface area contributed by atoms with Crippen molar-refractivity contribution >= 4 is 41.1 Å². The second kappa shape index (κ2) is 40.6. The molecule has 12 heteroatoms. The number of aromatic nitrogens is 1. The van der Waals surface area contributed by atoms with Gasteiger partial charge >= 0.3 is 0 Å². The number of benzene rings is 4. The van der Waals surface area contributed by atoms with Crippen LogP contribution in [-0.2, 0) is 5.41 Å². The Labute approximate surface area is 589 Å². The number of carbonyl (C=O) groups excluding carboxylic acids is 6. The van der Waals surface area contributed by atoms with E-state index in [1.54, 1.807) is 48.5 Å². The van der Waals surface area contributed by atoms with Gasteiger partial charge in [0.2, 0.25) is 0 Å². The topological polar surface area (TPSA) is 132 Å². The SMILES string of the molecule is CCCCCCCCN(CCCCCCCC)C(=O)c1cc(C#Cc2ccc3c(c2)C(CCCCCC)(CCCCCC)c2cc(N(CCN4C(=O)c5ccccc5C4=O)CCN4C(=O)c5ccccc5C4=O)ccc2-3)cc(C(=O)N(CCCCCCCC)CCCCCCCC)n1. The molecular formula is C86H118N6O6. The van der Waals surface area contributed by atoms with Crippen LogP contribution in [0.5, 0.6) is 0 Å². The van der Waals surface area contributed by atoms with Gasteiger partial charge in [0.15, 0.2) is 0 Å². The number of fused-ring (bicyclic) bond motifs is 5. The summed E-state index contributed by atoms with van der Waals surface area (Å²) in [6, 6.07) is 31.0. The minimum Gasteiger partial charge on any atom is -0.368 e. The molecular weight excluding hydrogens is 1210 g/mol. The zero-order chi connectivity index (χ0) is 69.5. The summed E-state index contributed by atoms with van der Waals surface area (Å²) >= 11 is 0. The van der Waals surface area contributed by atoms with Gasteiger partial charge in [0.25, 0.3) is 35.4 Å². The lowest BCUT2D eigenvalue weighted by Gasteiger charge is -2.34. The van der Waals surface area contributed by atoms with E-state index in [1.165, 1.54) is 104 Å². The molecule has 5 aromatic rings. The number of imide groups is 2. The van der Waals surface area contributed by atoms with Gasteiger partial charge in [-0.1, -0.05) is 270 Å². The maximum atomic E-state index is 15.2. The summed E-state index contributed by atoms with van der Waals surface area (Å²) in [5.74, 6) is 5.62. The number of nitrogens with zero attached hydrogens (tertiary/aromatic N) is 6. The molecule has 2 aliphatic heterocycles. The minimum absolute atomic E-state index is 0.114. The Morgan fingerprint density at radius 3 is 1.06 bits per heavy atom. The number of rotatable bonds is 47. The van der Waals surface area contributed by atoms with E-state index in [1.807, 2.05) is 21.9 Å². The summed E-state index contributed by atoms with van der Waals surface area (Å²) in [4.78, 5) is 99.9. The van der Waals surface area contributed by atoms with Gasteiger partial charge < -0.3 is 14.7 Å². The van der Waals surface area contributed by atoms with Crippen LogP contribution in [0.2, 0.25) is 0 Å². The Kier molecular flexibility index (Phi) is 31.7. The molecule has 0 unspecified atom stereocenters. The molecule has 528 valence electrons. The van der Waals surface area contributed by atoms with Crippen LogP contribution >= 0.6 is 0 Å². The molecule has 0 saturated carbocycles. The van der Waals surface area contributed by atoms with Crippen molar-refractivity contribution in [2.24, 2.45) is 0 Å². The summed E-state index contributed by atoms with van der Waals surface area (Å²) in [6.45, 7) is 16.9. The predicted octanol–water partition coefficient (Wildman–Crippen LogP) is 20.4. The van der Waals surface area contributed by atoms with E-state index >= 15 is 9.59 Å². The quantitative estimate of drug-likeness (QED) is 0.0214. The number of pyridine rings is 1. The van der Waals surface area contributed by atoms with Crippen molar-refractivity contribution in [2.75, 3.05) is 57.3 Å². The molecule has 0 radical (unpaired) electrons. The van der Waals surface area contributed by atoms with Crippen molar-refractivity contribution in [2.45, 2.75) is 265 Å². The van der Waals surface area contributed by atoms with Gasteiger partial charge in [-0.05, 0) is 121 Å². The largest absolute Gasteiger partial charge is 0.368 e. The monoisotopic (exact) mass is 1330 g/mol. The van der Waals surface area contributed by atoms with Crippen LogP contribution in [0.25, 0.3) is 11.1 Å². The number of amides is 6. The molecule has 3 aliphatic rings. The Morgan fingerprint density at radius 1 is 0.357 bits per heavy atom. The number of unbranched alkanes of at least 4 members (excludes halogenated alkanes) is 26. The third-order valence-corrected chi connectivity index (χ3v) is 20.9. The normalized spacial score (nSPS) is 13.4. The summed E-state index contributed by atoms with van der Waals surface area (Å²) in [7, 11) is 0. The summed E-state index contributed by atoms with van der Waals surface area (Å²) in [6.07, 6.45) is 37.7. The second-order valence-electron chi connectivity index (χ2n) is 28.3. The number of carbonyl (C=O) groups is 6. The third kappa shape index (κ3) is 20.6. The highest BCUT2D eigenvalue weighted by molar-refractivity contribution is 6.22. The van der Waals surface area contributed by atoms with Crippen molar-refractivity contribution < 1.29 is 28.8 Å². The zero-order valence-corrected chi connectivity index (χ0v) is 61.1. The van der Waals surface area contributed by atoms with E-state index in [0.29, 0.717) is 54.0 Å². The fourth-order valence-electron chi connectivity index (χ4n) is 15.1. The average molecular weight is 1330 g/mol. The van der Waals surface area contributed by atoms with Crippen LogP contribution in [0.1, 0.15) is 345 Å². The first-order chi connectivity index (χ1) is 47.9. The van der Waals surface area contributed by atoms with Crippen LogP contribution in [-0.4, -0.2) is 112 Å². The molecule has 6 amide bonds. The maximum absolute atomic E-state index is 15.2. The highest BCUT2D eigenvalue weighted by Gasteiger charge is 2.44. The van der Waals surface area contributed by atoms with Gasteiger partial charge in [0, 0.05) is 74.6 Å². The number of hydrogen-bond donors (Lipinski definition) is 0. The van der Waals surface area contributed by atoms with Gasteiger partial charge in [-0.25, -0.2) is 4.98 Å². The summed E-state index contributed by atoms with van der Waals surface area (Å²) < 4.78 is 0. The van der Waals surface area contributed by atoms with Crippen LogP contribution in [0.3, 0.4) is 0 Å². The molecule has 8 rings (SSSR count). The van der Waals surface area contributed by atoms with Crippen LogP contribution in [0.4, 0.5) is 5.69 Å². The summed E-state index contributed by atoms with van der Waals surface area (Å²) in [5, 5.41) is 0. The number of hydrogen-bond acceptors (Lipinski definition) is 8. The Balaban J connectivity index is 1.18. The second-order valence-corrected chi connectivity index (χ2v) is 28.3. The van der Waals surface area contributed by atoms with Gasteiger partial charge in [-0.2, -0.15) is 0 Å². The first-order valence-corrected chi connectivity index (χ1v) is 39.0. The minimum atomic E-state index is -0.392. The standard InChI is InChI=1S/C86H118N6O6/c1-7-13-19-25-29-39-55-89(56-40-30-26-20-14-8-2)84(97)78-64-68(65-79(87-78)85(98)90(57-41-31-27-21-15-9-3)58-42-32-28-22-16-10-4)48-47-67-49-51-70-71-52-50-69(66-77(71)86(76(70)63-67,53-37-23-17-11-5)54-38-24-18-12-6)88(59-61-91-80(93)72-43-33-34-44-73(72)81(91)94)60-62-92-82(95)74-45-35-36-46-75(74)83(92)96/h33-36,43-46,49-52,63-66H,7-32,37-42,53-62H2,1-6H3. The van der Waals surface area contributed by atoms with E-state index in [9.17, 15) is 19.2 Å². The molecule has 1 aromatic heterocycles. The highest BCUT2D eigenvalue weighted by Crippen LogP contribution is 2.55. The molecule has 1 aliphatic carbocycles. The summed E-state index contributed by atoms with van der Waals surface area (Å²) in [5.41, 5.74) is 8.91. The van der Waals surface area contributed by atoms with Crippen LogP contribution < -0.4 is 4.90 Å². The van der Waals surface area contributed by atoms with Crippen molar-refractivity contribution in [1.29, 1.82) is 0 Å². The molecule has 12 nitrogen and oxygen atoms in total. The van der Waals surface area contributed by atoms with E-state index in [4.69, 9.17) is 4.98 Å². The molecule has 0 N–H and O–H groups in total. The van der Waals surface area contributed by atoms with E-state index in [0.717, 1.165) is 158 Å². The van der Waals surface area contributed by atoms with Gasteiger partial charge in [-0.3, -0.25) is 38.6 Å². The van der Waals surface area contributed by atoms with Crippen molar-refractivity contribution in [3.8, 4) is 23.0 Å². The Bertz CT molecular complexity index is 3210. The first-order valence-electron chi connectivity index (χ1n) is 39.0. The molecule has 0 spiro atoms. The van der Waals surface area contributed by atoms with Crippen molar-refractivity contribution in [3.63, 3.8) is 0 Å². The van der Waals surface area contributed by atoms with Crippen molar-refractivity contribution in [1.82, 2.24) is 24.6 Å². The first kappa shape index (κ1) is 76.4. The van der Waals surface area contributed by atoms with Gasteiger partial charge in [-0.15, -0.1) is 0 Å². The Hall–Kier alpha value is -7.39. The maximum Gasteiger partial charge on any atom is 0.272 e. The Morgan fingerprint density at radius 2 is 0.684 bits per heavy atom. The highest BCUT2D eigenvalue weighted by atomic mass is 16.2. The lowest BCUT2D eigenvalue weighted by molar-refractivity contribution is 0.0650.